The van der Waals surface area contributed by atoms with Gasteiger partial charge in [-0.15, -0.1) is 5.10 Å². The van der Waals surface area contributed by atoms with E-state index in [0.717, 1.165) is 5.69 Å². The summed E-state index contributed by atoms with van der Waals surface area (Å²) in [5, 5.41) is 8.47. The molecule has 4 aromatic rings. The first-order valence-corrected chi connectivity index (χ1v) is 7.24. The van der Waals surface area contributed by atoms with Crippen LogP contribution in [0.1, 0.15) is 0 Å². The standard InChI is InChI=1S/C18H13FN4/c19-16-11-5-4-10-15(16)17-18(22-12-6-7-13-22)23(21-20-17)14-8-2-1-3-9-14/h1-13H. The monoisotopic (exact) mass is 304 g/mol. The molecule has 4 nitrogen and oxygen atoms in total. The smallest absolute Gasteiger partial charge is 0.169 e. The Morgan fingerprint density at radius 3 is 2.22 bits per heavy atom. The van der Waals surface area contributed by atoms with E-state index in [1.807, 2.05) is 59.4 Å². The summed E-state index contributed by atoms with van der Waals surface area (Å²) in [5.41, 5.74) is 1.80. The Kier molecular flexibility index (Phi) is 3.24. The Bertz CT molecular complexity index is 927. The van der Waals surface area contributed by atoms with Crippen LogP contribution in [-0.4, -0.2) is 19.6 Å². The third-order valence-electron chi connectivity index (χ3n) is 3.63. The summed E-state index contributed by atoms with van der Waals surface area (Å²) in [6, 6.07) is 20.1. The zero-order valence-corrected chi connectivity index (χ0v) is 12.2. The fraction of sp³-hybridized carbons (Fsp3) is 0. The van der Waals surface area contributed by atoms with E-state index in [1.54, 1.807) is 22.9 Å². The van der Waals surface area contributed by atoms with Crippen molar-refractivity contribution in [2.45, 2.75) is 0 Å². The molecule has 5 heteroatoms. The lowest BCUT2D eigenvalue weighted by atomic mass is 10.1. The average Bonchev–Trinajstić information content (AvgIpc) is 3.25. The number of benzene rings is 2. The molecule has 0 bridgehead atoms. The molecule has 0 unspecified atom stereocenters. The van der Waals surface area contributed by atoms with Crippen LogP contribution in [0.15, 0.2) is 79.1 Å². The van der Waals surface area contributed by atoms with Gasteiger partial charge in [0, 0.05) is 18.0 Å². The number of rotatable bonds is 3. The van der Waals surface area contributed by atoms with Crippen LogP contribution in [-0.2, 0) is 0 Å². The molecular weight excluding hydrogens is 291 g/mol. The molecule has 0 aliphatic heterocycles. The highest BCUT2D eigenvalue weighted by molar-refractivity contribution is 5.68. The summed E-state index contributed by atoms with van der Waals surface area (Å²) < 4.78 is 17.8. The molecule has 0 atom stereocenters. The van der Waals surface area contributed by atoms with Gasteiger partial charge in [0.2, 0.25) is 0 Å². The summed E-state index contributed by atoms with van der Waals surface area (Å²) in [6.07, 6.45) is 3.78. The molecule has 0 aliphatic rings. The normalized spacial score (nSPS) is 10.8. The van der Waals surface area contributed by atoms with Crippen molar-refractivity contribution in [2.75, 3.05) is 0 Å². The van der Waals surface area contributed by atoms with Gasteiger partial charge in [-0.1, -0.05) is 35.5 Å². The fourth-order valence-corrected chi connectivity index (χ4v) is 2.55. The first kappa shape index (κ1) is 13.5. The van der Waals surface area contributed by atoms with Crippen molar-refractivity contribution in [1.82, 2.24) is 19.6 Å². The van der Waals surface area contributed by atoms with Crippen molar-refractivity contribution >= 4 is 0 Å². The van der Waals surface area contributed by atoms with Crippen LogP contribution < -0.4 is 0 Å². The van der Waals surface area contributed by atoms with Crippen LogP contribution in [0.5, 0.6) is 0 Å². The van der Waals surface area contributed by atoms with Crippen LogP contribution in [0.2, 0.25) is 0 Å². The topological polar surface area (TPSA) is 35.6 Å². The predicted octanol–water partition coefficient (Wildman–Crippen LogP) is 3.86. The number of halogens is 1. The van der Waals surface area contributed by atoms with Gasteiger partial charge in [-0.2, -0.15) is 4.68 Å². The van der Waals surface area contributed by atoms with Crippen molar-refractivity contribution < 1.29 is 4.39 Å². The molecule has 0 saturated heterocycles. The largest absolute Gasteiger partial charge is 0.307 e. The van der Waals surface area contributed by atoms with Gasteiger partial charge in [-0.05, 0) is 36.4 Å². The molecule has 2 aromatic carbocycles. The Hall–Kier alpha value is -3.21. The molecule has 0 amide bonds. The van der Waals surface area contributed by atoms with E-state index >= 15 is 0 Å². The molecule has 0 radical (unpaired) electrons. The van der Waals surface area contributed by atoms with Crippen molar-refractivity contribution in [2.24, 2.45) is 0 Å². The molecule has 23 heavy (non-hydrogen) atoms. The highest BCUT2D eigenvalue weighted by Gasteiger charge is 2.19. The zero-order valence-electron chi connectivity index (χ0n) is 12.2. The minimum absolute atomic E-state index is 0.319. The maximum absolute atomic E-state index is 14.2. The number of aromatic nitrogens is 4. The number of nitrogens with zero attached hydrogens (tertiary/aromatic N) is 4. The second-order valence-electron chi connectivity index (χ2n) is 5.08. The molecule has 2 aromatic heterocycles. The second kappa shape index (κ2) is 5.53. The van der Waals surface area contributed by atoms with Gasteiger partial charge in [-0.25, -0.2) is 4.39 Å². The minimum Gasteiger partial charge on any atom is -0.307 e. The van der Waals surface area contributed by atoms with Crippen molar-refractivity contribution in [3.63, 3.8) is 0 Å². The summed E-state index contributed by atoms with van der Waals surface area (Å²) in [5.74, 6) is 0.382. The molecule has 0 N–H and O–H groups in total. The van der Waals surface area contributed by atoms with E-state index in [2.05, 4.69) is 10.3 Å². The predicted molar refractivity (Wildman–Crippen MR) is 86.1 cm³/mol. The van der Waals surface area contributed by atoms with Crippen LogP contribution in [0.3, 0.4) is 0 Å². The number of para-hydroxylation sites is 1. The van der Waals surface area contributed by atoms with Crippen LogP contribution in [0.25, 0.3) is 22.8 Å². The van der Waals surface area contributed by atoms with Gasteiger partial charge in [0.05, 0.1) is 5.69 Å². The number of hydrogen-bond donors (Lipinski definition) is 0. The summed E-state index contributed by atoms with van der Waals surface area (Å²) in [4.78, 5) is 0. The van der Waals surface area contributed by atoms with Crippen molar-refractivity contribution in [3.8, 4) is 22.8 Å². The van der Waals surface area contributed by atoms with Gasteiger partial charge >= 0.3 is 0 Å². The van der Waals surface area contributed by atoms with Gasteiger partial charge in [0.1, 0.15) is 11.5 Å². The van der Waals surface area contributed by atoms with Gasteiger partial charge < -0.3 is 4.57 Å². The molecule has 4 rings (SSSR count). The summed E-state index contributed by atoms with van der Waals surface area (Å²) in [7, 11) is 0. The summed E-state index contributed by atoms with van der Waals surface area (Å²) >= 11 is 0. The Labute approximate surface area is 132 Å². The molecule has 0 spiro atoms. The minimum atomic E-state index is -0.319. The Morgan fingerprint density at radius 2 is 1.48 bits per heavy atom. The maximum Gasteiger partial charge on any atom is 0.169 e. The van der Waals surface area contributed by atoms with E-state index in [0.29, 0.717) is 17.1 Å². The Morgan fingerprint density at radius 1 is 0.783 bits per heavy atom. The van der Waals surface area contributed by atoms with Gasteiger partial charge in [0.25, 0.3) is 0 Å². The highest BCUT2D eigenvalue weighted by Crippen LogP contribution is 2.28. The van der Waals surface area contributed by atoms with E-state index < -0.39 is 0 Å². The first-order chi connectivity index (χ1) is 11.3. The van der Waals surface area contributed by atoms with Crippen molar-refractivity contribution in [3.05, 3.63) is 84.9 Å². The number of hydrogen-bond acceptors (Lipinski definition) is 2. The van der Waals surface area contributed by atoms with E-state index in [-0.39, 0.29) is 5.82 Å². The van der Waals surface area contributed by atoms with Gasteiger partial charge in [0.15, 0.2) is 5.82 Å². The van der Waals surface area contributed by atoms with Crippen LogP contribution in [0, 0.1) is 5.82 Å². The third-order valence-corrected chi connectivity index (χ3v) is 3.63. The first-order valence-electron chi connectivity index (χ1n) is 7.24. The average molecular weight is 304 g/mol. The summed E-state index contributed by atoms with van der Waals surface area (Å²) in [6.45, 7) is 0. The lowest BCUT2D eigenvalue weighted by Crippen LogP contribution is -2.05. The molecule has 0 aliphatic carbocycles. The Balaban J connectivity index is 1.99. The molecule has 0 saturated carbocycles. The quantitative estimate of drug-likeness (QED) is 0.576. The third kappa shape index (κ3) is 2.32. The fourth-order valence-electron chi connectivity index (χ4n) is 2.55. The lowest BCUT2D eigenvalue weighted by molar-refractivity contribution is 0.630. The van der Waals surface area contributed by atoms with E-state index in [4.69, 9.17) is 0 Å². The van der Waals surface area contributed by atoms with Crippen molar-refractivity contribution in [1.29, 1.82) is 0 Å². The maximum atomic E-state index is 14.2. The molecule has 2 heterocycles. The SMILES string of the molecule is Fc1ccccc1-c1nnn(-c2ccccc2)c1-n1cccc1. The van der Waals surface area contributed by atoms with E-state index in [1.165, 1.54) is 6.07 Å². The second-order valence-corrected chi connectivity index (χ2v) is 5.08. The molecule has 112 valence electrons. The zero-order chi connectivity index (χ0) is 15.6. The van der Waals surface area contributed by atoms with Crippen LogP contribution in [0.4, 0.5) is 4.39 Å². The molecular formula is C18H13FN4. The molecule has 0 fully saturated rings. The van der Waals surface area contributed by atoms with Crippen LogP contribution >= 0.6 is 0 Å². The highest BCUT2D eigenvalue weighted by atomic mass is 19.1. The van der Waals surface area contributed by atoms with Gasteiger partial charge in [-0.3, -0.25) is 0 Å². The lowest BCUT2D eigenvalue weighted by Gasteiger charge is -2.09. The van der Waals surface area contributed by atoms with E-state index in [9.17, 15) is 4.39 Å².